The van der Waals surface area contributed by atoms with Gasteiger partial charge in [0.25, 0.3) is 5.13 Å². The number of rotatable bonds is 6. The first-order valence-corrected chi connectivity index (χ1v) is 9.70. The topological polar surface area (TPSA) is 40.6 Å². The van der Waals surface area contributed by atoms with Crippen molar-refractivity contribution in [3.05, 3.63) is 60.1 Å². The Morgan fingerprint density at radius 3 is 2.96 bits per heavy atom. The van der Waals surface area contributed by atoms with Gasteiger partial charge in [-0.25, -0.2) is 4.48 Å². The average molecular weight is 371 g/mol. The number of methoxy groups -OCH3 is 1. The third-order valence-corrected chi connectivity index (χ3v) is 5.82. The lowest BCUT2D eigenvalue weighted by Gasteiger charge is -2.47. The Labute approximate surface area is 157 Å². The van der Waals surface area contributed by atoms with Gasteiger partial charge in [-0.1, -0.05) is 35.6 Å². The summed E-state index contributed by atoms with van der Waals surface area (Å²) in [5.74, 6) is 0.878. The third kappa shape index (κ3) is 2.99. The molecule has 3 atom stereocenters. The van der Waals surface area contributed by atoms with Crippen molar-refractivity contribution in [3.63, 3.8) is 0 Å². The van der Waals surface area contributed by atoms with Gasteiger partial charge in [-0.3, -0.25) is 0 Å². The van der Waals surface area contributed by atoms with E-state index in [-0.39, 0.29) is 12.1 Å². The van der Waals surface area contributed by atoms with E-state index < -0.39 is 0 Å². The van der Waals surface area contributed by atoms with Crippen LogP contribution in [0.4, 0.5) is 10.8 Å². The van der Waals surface area contributed by atoms with Gasteiger partial charge in [0.15, 0.2) is 11.4 Å². The molecule has 2 aliphatic rings. The van der Waals surface area contributed by atoms with Crippen LogP contribution in [0, 0.1) is 0 Å². The summed E-state index contributed by atoms with van der Waals surface area (Å²) in [5, 5.41) is 3.10. The van der Waals surface area contributed by atoms with Gasteiger partial charge in [-0.15, -0.1) is 0 Å². The van der Waals surface area contributed by atoms with E-state index in [0.717, 1.165) is 23.1 Å². The average Bonchev–Trinajstić information content (AvgIpc) is 3.23. The van der Waals surface area contributed by atoms with Gasteiger partial charge in [0, 0.05) is 24.8 Å². The maximum absolute atomic E-state index is 6.09. The van der Waals surface area contributed by atoms with Crippen LogP contribution in [0.25, 0.3) is 0 Å². The lowest BCUT2D eigenvalue weighted by Crippen LogP contribution is -2.62. The molecule has 5 nitrogen and oxygen atoms in total. The molecule has 3 unspecified atom stereocenters. The smallest absolute Gasteiger partial charge is 0.291 e. The molecule has 0 radical (unpaired) electrons. The summed E-state index contributed by atoms with van der Waals surface area (Å²) < 4.78 is 17.9. The molecule has 1 aliphatic carbocycles. The molecular weight excluding hydrogens is 348 g/mol. The Balaban J connectivity index is 1.83. The first-order valence-electron chi connectivity index (χ1n) is 8.82. The van der Waals surface area contributed by atoms with Gasteiger partial charge in [-0.2, -0.15) is 4.98 Å². The lowest BCUT2D eigenvalue weighted by atomic mass is 9.97. The van der Waals surface area contributed by atoms with Crippen LogP contribution in [0.15, 0.2) is 60.1 Å². The Morgan fingerprint density at radius 1 is 1.23 bits per heavy atom. The summed E-state index contributed by atoms with van der Waals surface area (Å²) in [6, 6.07) is 8.40. The zero-order valence-electron chi connectivity index (χ0n) is 14.8. The molecule has 26 heavy (non-hydrogen) atoms. The zero-order valence-corrected chi connectivity index (χ0v) is 15.6. The molecular formula is C20H23N2O3S+. The molecule has 1 saturated heterocycles. The molecule has 0 saturated carbocycles. The minimum atomic E-state index is 0.0321. The van der Waals surface area contributed by atoms with Crippen molar-refractivity contribution in [1.82, 2.24) is 9.47 Å². The maximum Gasteiger partial charge on any atom is 0.291 e. The van der Waals surface area contributed by atoms with Gasteiger partial charge in [0.2, 0.25) is 0 Å². The number of hydrogen-bond donors (Lipinski definition) is 0. The summed E-state index contributed by atoms with van der Waals surface area (Å²) in [6.07, 6.45) is 10.4. The first-order chi connectivity index (χ1) is 12.9. The van der Waals surface area contributed by atoms with Crippen molar-refractivity contribution in [2.75, 3.05) is 33.5 Å². The van der Waals surface area contributed by atoms with E-state index in [1.807, 2.05) is 23.7 Å². The molecule has 4 rings (SSSR count). The van der Waals surface area contributed by atoms with Crippen LogP contribution >= 0.6 is 11.3 Å². The van der Waals surface area contributed by atoms with E-state index in [4.69, 9.17) is 19.2 Å². The highest BCUT2D eigenvalue weighted by molar-refractivity contribution is 7.13. The fourth-order valence-electron chi connectivity index (χ4n) is 3.77. The molecule has 1 fully saturated rings. The first kappa shape index (κ1) is 17.4. The van der Waals surface area contributed by atoms with Crippen molar-refractivity contribution < 1.29 is 14.2 Å². The fraction of sp³-hybridized carbons (Fsp3) is 0.350. The van der Waals surface area contributed by atoms with E-state index in [2.05, 4.69) is 36.4 Å². The van der Waals surface area contributed by atoms with E-state index in [1.165, 1.54) is 0 Å². The van der Waals surface area contributed by atoms with Crippen molar-refractivity contribution in [2.45, 2.75) is 12.1 Å². The van der Waals surface area contributed by atoms with Crippen LogP contribution in [0.5, 0.6) is 5.75 Å². The molecule has 0 N–H and O–H groups in total. The lowest BCUT2D eigenvalue weighted by molar-refractivity contribution is -0.00747. The highest BCUT2D eigenvalue weighted by atomic mass is 32.1. The predicted molar refractivity (Wildman–Crippen MR) is 104 cm³/mol. The number of para-hydroxylation sites is 2. The van der Waals surface area contributed by atoms with Crippen LogP contribution in [0.1, 0.15) is 0 Å². The molecule has 2 heterocycles. The quantitative estimate of drug-likeness (QED) is 0.573. The van der Waals surface area contributed by atoms with Gasteiger partial charge in [-0.05, 0) is 18.2 Å². The molecule has 0 amide bonds. The predicted octanol–water partition coefficient (Wildman–Crippen LogP) is 3.70. The van der Waals surface area contributed by atoms with Gasteiger partial charge < -0.3 is 14.2 Å². The molecule has 6 heteroatoms. The van der Waals surface area contributed by atoms with Gasteiger partial charge >= 0.3 is 0 Å². The highest BCUT2D eigenvalue weighted by Crippen LogP contribution is 2.47. The molecule has 0 bridgehead atoms. The largest absolute Gasteiger partial charge is 0.485 e. The molecule has 2 aromatic rings. The number of aromatic nitrogens is 1. The number of thiazole rings is 1. The number of nitrogens with zero attached hydrogens (tertiary/aromatic N) is 2. The van der Waals surface area contributed by atoms with Crippen molar-refractivity contribution in [1.29, 1.82) is 0 Å². The summed E-state index contributed by atoms with van der Waals surface area (Å²) in [6.45, 7) is 2.57. The summed E-state index contributed by atoms with van der Waals surface area (Å²) in [4.78, 5) is 4.71. The minimum absolute atomic E-state index is 0.0321. The number of quaternary nitrogens is 1. The second-order valence-electron chi connectivity index (χ2n) is 6.31. The van der Waals surface area contributed by atoms with Gasteiger partial charge in [0.05, 0.1) is 13.2 Å². The van der Waals surface area contributed by atoms with E-state index in [9.17, 15) is 0 Å². The van der Waals surface area contributed by atoms with E-state index in [0.29, 0.717) is 24.3 Å². The normalized spacial score (nSPS) is 27.3. The van der Waals surface area contributed by atoms with E-state index >= 15 is 0 Å². The molecule has 1 aliphatic heterocycles. The SMILES string of the molecule is COCCOc1ccccc1[N+]1(c2nccs2)CCOC2C=CC=CC21. The monoisotopic (exact) mass is 371 g/mol. The Bertz CT molecular complexity index is 790. The Morgan fingerprint density at radius 2 is 2.12 bits per heavy atom. The number of ether oxygens (including phenoxy) is 3. The second kappa shape index (κ2) is 7.72. The van der Waals surface area contributed by atoms with Crippen molar-refractivity contribution in [3.8, 4) is 5.75 Å². The zero-order chi connectivity index (χ0) is 17.8. The summed E-state index contributed by atoms with van der Waals surface area (Å²) >= 11 is 1.68. The van der Waals surface area contributed by atoms with Crippen molar-refractivity contribution >= 4 is 22.2 Å². The molecule has 136 valence electrons. The minimum Gasteiger partial charge on any atom is -0.485 e. The summed E-state index contributed by atoms with van der Waals surface area (Å²) in [7, 11) is 1.69. The third-order valence-electron chi connectivity index (χ3n) is 4.92. The summed E-state index contributed by atoms with van der Waals surface area (Å²) in [5.41, 5.74) is 1.12. The molecule has 1 aromatic carbocycles. The number of fused-ring (bicyclic) bond motifs is 1. The van der Waals surface area contributed by atoms with Crippen LogP contribution in [-0.2, 0) is 9.47 Å². The Hall–Kier alpha value is -1.99. The van der Waals surface area contributed by atoms with Crippen LogP contribution in [0.2, 0.25) is 0 Å². The number of allylic oxidation sites excluding steroid dienone is 2. The molecule has 0 spiro atoms. The van der Waals surface area contributed by atoms with Crippen LogP contribution in [0.3, 0.4) is 0 Å². The maximum atomic E-state index is 6.09. The Kier molecular flexibility index (Phi) is 5.17. The number of benzene rings is 1. The highest BCUT2D eigenvalue weighted by Gasteiger charge is 2.51. The van der Waals surface area contributed by atoms with Gasteiger partial charge in [0.1, 0.15) is 25.3 Å². The van der Waals surface area contributed by atoms with Crippen LogP contribution < -0.4 is 9.22 Å². The van der Waals surface area contributed by atoms with Crippen molar-refractivity contribution in [2.24, 2.45) is 0 Å². The fourth-order valence-corrected chi connectivity index (χ4v) is 4.64. The second-order valence-corrected chi connectivity index (χ2v) is 7.18. The van der Waals surface area contributed by atoms with E-state index in [1.54, 1.807) is 18.4 Å². The molecule has 1 aromatic heterocycles. The van der Waals surface area contributed by atoms with Crippen LogP contribution in [-0.4, -0.2) is 50.6 Å². The standard InChI is InChI=1S/C20H23N2O3S/c1-23-13-14-25-19-9-5-3-7-17(19)22(20-21-10-15-26-20)11-12-24-18-8-4-2-6-16(18)22/h2-10,15-16,18H,11-14H2,1H3/q+1. The number of morpholine rings is 1. The number of hydrogen-bond acceptors (Lipinski definition) is 5.